The van der Waals surface area contributed by atoms with Crippen molar-refractivity contribution >= 4 is 21.8 Å². The van der Waals surface area contributed by atoms with Crippen LogP contribution in [0, 0.1) is 0 Å². The Morgan fingerprint density at radius 1 is 1.53 bits per heavy atom. The summed E-state index contributed by atoms with van der Waals surface area (Å²) in [4.78, 5) is 14.8. The summed E-state index contributed by atoms with van der Waals surface area (Å²) >= 11 is 3.08. The van der Waals surface area contributed by atoms with Crippen molar-refractivity contribution < 1.29 is 23.1 Å². The van der Waals surface area contributed by atoms with E-state index in [1.807, 2.05) is 0 Å². The molecular formula is C9H10BrF3N2O2. The minimum absolute atomic E-state index is 0.0366. The van der Waals surface area contributed by atoms with Crippen molar-refractivity contribution in [1.29, 1.82) is 0 Å². The van der Waals surface area contributed by atoms with Gasteiger partial charge in [0.1, 0.15) is 12.2 Å². The molecule has 0 spiro atoms. The van der Waals surface area contributed by atoms with Gasteiger partial charge in [0.2, 0.25) is 0 Å². The van der Waals surface area contributed by atoms with Gasteiger partial charge in [0.05, 0.1) is 6.61 Å². The van der Waals surface area contributed by atoms with Crippen LogP contribution in [0.15, 0.2) is 16.7 Å². The fourth-order valence-electron chi connectivity index (χ4n) is 1.25. The molecule has 0 unspecified atom stereocenters. The third-order valence-electron chi connectivity index (χ3n) is 1.91. The van der Waals surface area contributed by atoms with Crippen molar-refractivity contribution in [2.75, 3.05) is 19.7 Å². The van der Waals surface area contributed by atoms with Gasteiger partial charge >= 0.3 is 6.18 Å². The van der Waals surface area contributed by atoms with Gasteiger partial charge in [0, 0.05) is 17.2 Å². The number of aliphatic hydroxyl groups excluding tert-OH is 1. The van der Waals surface area contributed by atoms with E-state index < -0.39 is 25.2 Å². The second-order valence-corrected chi connectivity index (χ2v) is 4.21. The van der Waals surface area contributed by atoms with Crippen molar-refractivity contribution in [2.45, 2.75) is 6.18 Å². The molecule has 1 heterocycles. The Balaban J connectivity index is 2.80. The SMILES string of the molecule is O=C(c1cc(Br)c[nH]1)N(CCO)CC(F)(F)F. The number of H-pyrrole nitrogens is 1. The highest BCUT2D eigenvalue weighted by atomic mass is 79.9. The average molecular weight is 315 g/mol. The molecule has 0 saturated carbocycles. The van der Waals surface area contributed by atoms with E-state index in [0.717, 1.165) is 0 Å². The van der Waals surface area contributed by atoms with Crippen LogP contribution in [0.1, 0.15) is 10.5 Å². The fourth-order valence-corrected chi connectivity index (χ4v) is 1.59. The maximum atomic E-state index is 12.2. The summed E-state index contributed by atoms with van der Waals surface area (Å²) in [5.74, 6) is -0.804. The number of rotatable bonds is 4. The van der Waals surface area contributed by atoms with Crippen LogP contribution in [0.3, 0.4) is 0 Å². The topological polar surface area (TPSA) is 56.3 Å². The molecule has 96 valence electrons. The van der Waals surface area contributed by atoms with Gasteiger partial charge in [-0.3, -0.25) is 4.79 Å². The van der Waals surface area contributed by atoms with E-state index >= 15 is 0 Å². The number of nitrogens with one attached hydrogen (secondary N) is 1. The molecule has 1 rings (SSSR count). The predicted molar refractivity (Wildman–Crippen MR) is 57.5 cm³/mol. The molecule has 0 aliphatic carbocycles. The first-order valence-corrected chi connectivity index (χ1v) is 5.43. The average Bonchev–Trinajstić information content (AvgIpc) is 2.61. The van der Waals surface area contributed by atoms with E-state index in [4.69, 9.17) is 5.11 Å². The quantitative estimate of drug-likeness (QED) is 0.890. The highest BCUT2D eigenvalue weighted by molar-refractivity contribution is 9.10. The van der Waals surface area contributed by atoms with Gasteiger partial charge in [-0.2, -0.15) is 13.2 Å². The van der Waals surface area contributed by atoms with Crippen molar-refractivity contribution in [3.8, 4) is 0 Å². The molecule has 0 fully saturated rings. The molecule has 0 aliphatic rings. The van der Waals surface area contributed by atoms with Crippen LogP contribution in [0.2, 0.25) is 0 Å². The van der Waals surface area contributed by atoms with Crippen molar-refractivity contribution in [3.05, 3.63) is 22.4 Å². The van der Waals surface area contributed by atoms with E-state index in [1.165, 1.54) is 12.3 Å². The molecule has 2 N–H and O–H groups in total. The normalized spacial score (nSPS) is 11.6. The Morgan fingerprint density at radius 2 is 2.18 bits per heavy atom. The number of aromatic nitrogens is 1. The fraction of sp³-hybridized carbons (Fsp3) is 0.444. The van der Waals surface area contributed by atoms with Crippen LogP contribution >= 0.6 is 15.9 Å². The standard InChI is InChI=1S/C9H10BrF3N2O2/c10-6-3-7(14-4-6)8(17)15(1-2-16)5-9(11,12)13/h3-4,14,16H,1-2,5H2. The Bertz CT molecular complexity index is 392. The number of aliphatic hydroxyl groups is 1. The van der Waals surface area contributed by atoms with E-state index in [-0.39, 0.29) is 12.2 Å². The van der Waals surface area contributed by atoms with E-state index in [9.17, 15) is 18.0 Å². The first-order valence-electron chi connectivity index (χ1n) is 4.64. The number of hydrogen-bond donors (Lipinski definition) is 2. The van der Waals surface area contributed by atoms with Gasteiger partial charge in [0.25, 0.3) is 5.91 Å². The van der Waals surface area contributed by atoms with Crippen LogP contribution in [0.25, 0.3) is 0 Å². The van der Waals surface area contributed by atoms with Gasteiger partial charge in [-0.05, 0) is 22.0 Å². The zero-order chi connectivity index (χ0) is 13.1. The summed E-state index contributed by atoms with van der Waals surface area (Å²) in [6, 6.07) is 1.38. The maximum Gasteiger partial charge on any atom is 0.406 e. The molecular weight excluding hydrogens is 305 g/mol. The first-order chi connectivity index (χ1) is 7.83. The molecule has 1 amide bonds. The van der Waals surface area contributed by atoms with Gasteiger partial charge in [-0.25, -0.2) is 0 Å². The second-order valence-electron chi connectivity index (χ2n) is 3.30. The minimum atomic E-state index is -4.49. The molecule has 0 saturated heterocycles. The van der Waals surface area contributed by atoms with Gasteiger partial charge < -0.3 is 15.0 Å². The number of carbonyl (C=O) groups excluding carboxylic acids is 1. The third-order valence-corrected chi connectivity index (χ3v) is 2.36. The highest BCUT2D eigenvalue weighted by Gasteiger charge is 2.33. The summed E-state index contributed by atoms with van der Waals surface area (Å²) in [5.41, 5.74) is 0.0366. The lowest BCUT2D eigenvalue weighted by Crippen LogP contribution is -2.40. The summed E-state index contributed by atoms with van der Waals surface area (Å²) in [6.07, 6.45) is -3.05. The first kappa shape index (κ1) is 14.0. The number of hydrogen-bond acceptors (Lipinski definition) is 2. The number of amides is 1. The summed E-state index contributed by atoms with van der Waals surface area (Å²) in [5, 5.41) is 8.65. The molecule has 0 aromatic carbocycles. The van der Waals surface area contributed by atoms with E-state index in [0.29, 0.717) is 9.37 Å². The number of nitrogens with zero attached hydrogens (tertiary/aromatic N) is 1. The molecule has 0 aliphatic heterocycles. The molecule has 8 heteroatoms. The second kappa shape index (κ2) is 5.54. The lowest BCUT2D eigenvalue weighted by Gasteiger charge is -2.22. The molecule has 4 nitrogen and oxygen atoms in total. The summed E-state index contributed by atoms with van der Waals surface area (Å²) in [7, 11) is 0. The molecule has 0 radical (unpaired) electrons. The molecule has 1 aromatic heterocycles. The Kier molecular flexibility index (Phi) is 4.58. The molecule has 0 bridgehead atoms. The van der Waals surface area contributed by atoms with Crippen LogP contribution in [-0.4, -0.2) is 46.8 Å². The summed E-state index contributed by atoms with van der Waals surface area (Å²) < 4.78 is 37.2. The van der Waals surface area contributed by atoms with Crippen LogP contribution < -0.4 is 0 Å². The lowest BCUT2D eigenvalue weighted by molar-refractivity contribution is -0.141. The Labute approximate surface area is 104 Å². The number of halogens is 4. The van der Waals surface area contributed by atoms with Crippen LogP contribution in [0.4, 0.5) is 13.2 Å². The zero-order valence-electron chi connectivity index (χ0n) is 8.59. The zero-order valence-corrected chi connectivity index (χ0v) is 10.2. The molecule has 1 aromatic rings. The smallest absolute Gasteiger partial charge is 0.395 e. The Hall–Kier alpha value is -1.02. The Morgan fingerprint density at radius 3 is 2.59 bits per heavy atom. The molecule has 17 heavy (non-hydrogen) atoms. The van der Waals surface area contributed by atoms with Crippen molar-refractivity contribution in [3.63, 3.8) is 0 Å². The maximum absolute atomic E-state index is 12.2. The van der Waals surface area contributed by atoms with Crippen molar-refractivity contribution in [1.82, 2.24) is 9.88 Å². The van der Waals surface area contributed by atoms with Crippen LogP contribution in [0.5, 0.6) is 0 Å². The van der Waals surface area contributed by atoms with Crippen molar-refractivity contribution in [2.24, 2.45) is 0 Å². The number of aromatic amines is 1. The van der Waals surface area contributed by atoms with E-state index in [2.05, 4.69) is 20.9 Å². The van der Waals surface area contributed by atoms with Gasteiger partial charge in [-0.15, -0.1) is 0 Å². The monoisotopic (exact) mass is 314 g/mol. The third kappa shape index (κ3) is 4.39. The van der Waals surface area contributed by atoms with Gasteiger partial charge in [-0.1, -0.05) is 0 Å². The summed E-state index contributed by atoms with van der Waals surface area (Å²) in [6.45, 7) is -2.28. The largest absolute Gasteiger partial charge is 0.406 e. The lowest BCUT2D eigenvalue weighted by atomic mass is 10.3. The van der Waals surface area contributed by atoms with E-state index in [1.54, 1.807) is 0 Å². The number of carbonyl (C=O) groups is 1. The highest BCUT2D eigenvalue weighted by Crippen LogP contribution is 2.18. The minimum Gasteiger partial charge on any atom is -0.395 e. The van der Waals surface area contributed by atoms with Crippen LogP contribution in [-0.2, 0) is 0 Å². The molecule has 0 atom stereocenters. The predicted octanol–water partition coefficient (Wildman–Crippen LogP) is 1.77. The number of alkyl halides is 3. The van der Waals surface area contributed by atoms with Gasteiger partial charge in [0.15, 0.2) is 0 Å².